The van der Waals surface area contributed by atoms with Gasteiger partial charge in [-0.3, -0.25) is 4.57 Å². The zero-order valence-corrected chi connectivity index (χ0v) is 9.40. The lowest BCUT2D eigenvalue weighted by Gasteiger charge is -2.03. The quantitative estimate of drug-likeness (QED) is 0.610. The Kier molecular flexibility index (Phi) is 3.06. The first kappa shape index (κ1) is 10.9. The number of aliphatic imine (C=N–C) groups is 1. The Hall–Kier alpha value is -1.61. The molecule has 4 nitrogen and oxygen atoms in total. The maximum atomic E-state index is 10.0. The smallest absolute Gasteiger partial charge is 0.240 e. The Balaban J connectivity index is 2.42. The summed E-state index contributed by atoms with van der Waals surface area (Å²) in [6, 6.07) is 6.84. The van der Waals surface area contributed by atoms with Crippen LogP contribution in [0, 0.1) is 0 Å². The highest BCUT2D eigenvalue weighted by molar-refractivity contribution is 6.40. The Morgan fingerprint density at radius 2 is 1.94 bits per heavy atom. The van der Waals surface area contributed by atoms with Crippen molar-refractivity contribution >= 4 is 35.0 Å². The van der Waals surface area contributed by atoms with Crippen molar-refractivity contribution in [3.63, 3.8) is 0 Å². The van der Waals surface area contributed by atoms with Gasteiger partial charge in [0.05, 0.1) is 5.69 Å². The van der Waals surface area contributed by atoms with Crippen molar-refractivity contribution < 1.29 is 4.79 Å². The molecule has 0 saturated heterocycles. The van der Waals surface area contributed by atoms with Gasteiger partial charge in [-0.1, -0.05) is 23.2 Å². The molecule has 0 radical (unpaired) electrons. The van der Waals surface area contributed by atoms with Crippen LogP contribution in [0.1, 0.15) is 0 Å². The van der Waals surface area contributed by atoms with Gasteiger partial charge < -0.3 is 0 Å². The lowest BCUT2D eigenvalue weighted by atomic mass is 10.3. The van der Waals surface area contributed by atoms with Crippen LogP contribution in [-0.4, -0.2) is 15.6 Å². The topological polar surface area (TPSA) is 47.2 Å². The van der Waals surface area contributed by atoms with Gasteiger partial charge in [-0.05, 0) is 24.3 Å². The van der Waals surface area contributed by atoms with E-state index in [2.05, 4.69) is 9.98 Å². The molecule has 0 saturated carbocycles. The van der Waals surface area contributed by atoms with Gasteiger partial charge in [0, 0.05) is 5.69 Å². The molecule has 0 N–H and O–H groups in total. The fourth-order valence-electron chi connectivity index (χ4n) is 1.23. The summed E-state index contributed by atoms with van der Waals surface area (Å²) in [5.41, 5.74) is 1.32. The minimum atomic E-state index is 0.247. The van der Waals surface area contributed by atoms with E-state index in [9.17, 15) is 4.79 Å². The molecule has 16 heavy (non-hydrogen) atoms. The highest BCUT2D eigenvalue weighted by Gasteiger charge is 2.07. The molecular weight excluding hydrogens is 249 g/mol. The first-order chi connectivity index (χ1) is 7.72. The van der Waals surface area contributed by atoms with Crippen LogP contribution in [0.5, 0.6) is 0 Å². The van der Waals surface area contributed by atoms with Gasteiger partial charge in [0.2, 0.25) is 6.08 Å². The fourth-order valence-corrected chi connectivity index (χ4v) is 1.56. The van der Waals surface area contributed by atoms with Gasteiger partial charge >= 0.3 is 0 Å². The second kappa shape index (κ2) is 4.49. The Morgan fingerprint density at radius 3 is 2.44 bits per heavy atom. The number of halogens is 2. The summed E-state index contributed by atoms with van der Waals surface area (Å²) in [5.74, 6) is 0. The lowest BCUT2D eigenvalue weighted by molar-refractivity contribution is 0.565. The van der Waals surface area contributed by atoms with Crippen LogP contribution >= 0.6 is 23.2 Å². The third kappa shape index (κ3) is 1.99. The standard InChI is InChI=1S/C10H5Cl2N3O/c11-9-10(12)15(5-13-9)8-3-1-7(2-4-8)14-6-16/h1-5H. The van der Waals surface area contributed by atoms with E-state index >= 15 is 0 Å². The van der Waals surface area contributed by atoms with Crippen molar-refractivity contribution in [3.8, 4) is 5.69 Å². The van der Waals surface area contributed by atoms with E-state index in [1.54, 1.807) is 28.8 Å². The molecule has 0 bridgehead atoms. The summed E-state index contributed by atoms with van der Waals surface area (Å²) in [4.78, 5) is 17.4. The second-order valence-electron chi connectivity index (χ2n) is 2.92. The first-order valence-electron chi connectivity index (χ1n) is 4.29. The Labute approximate surface area is 101 Å². The van der Waals surface area contributed by atoms with Crippen LogP contribution in [0.25, 0.3) is 5.69 Å². The molecule has 0 unspecified atom stereocenters. The third-order valence-corrected chi connectivity index (χ3v) is 2.71. The number of nitrogens with zero attached hydrogens (tertiary/aromatic N) is 3. The number of imidazole rings is 1. The molecular formula is C10H5Cl2N3O. The number of hydrogen-bond donors (Lipinski definition) is 0. The summed E-state index contributed by atoms with van der Waals surface area (Å²) in [6.07, 6.45) is 2.98. The van der Waals surface area contributed by atoms with Crippen molar-refractivity contribution in [2.45, 2.75) is 0 Å². The molecule has 0 amide bonds. The van der Waals surface area contributed by atoms with E-state index in [1.165, 1.54) is 12.4 Å². The predicted octanol–water partition coefficient (Wildman–Crippen LogP) is 3.15. The third-order valence-electron chi connectivity index (χ3n) is 1.97. The highest BCUT2D eigenvalue weighted by Crippen LogP contribution is 2.24. The molecule has 6 heteroatoms. The minimum Gasteiger partial charge on any atom is -0.288 e. The summed E-state index contributed by atoms with van der Waals surface area (Å²) >= 11 is 11.7. The van der Waals surface area contributed by atoms with Gasteiger partial charge in [0.1, 0.15) is 6.33 Å². The fraction of sp³-hybridized carbons (Fsp3) is 0. The number of isocyanates is 1. The second-order valence-corrected chi connectivity index (χ2v) is 3.63. The van der Waals surface area contributed by atoms with Crippen LogP contribution in [0.3, 0.4) is 0 Å². The summed E-state index contributed by atoms with van der Waals surface area (Å²) in [7, 11) is 0. The van der Waals surface area contributed by atoms with E-state index in [0.717, 1.165) is 5.69 Å². The molecule has 2 rings (SSSR count). The molecule has 0 fully saturated rings. The zero-order chi connectivity index (χ0) is 11.5. The van der Waals surface area contributed by atoms with Gasteiger partial charge in [-0.15, -0.1) is 0 Å². The van der Waals surface area contributed by atoms with Crippen LogP contribution in [0.4, 0.5) is 5.69 Å². The number of hydrogen-bond acceptors (Lipinski definition) is 3. The molecule has 80 valence electrons. The van der Waals surface area contributed by atoms with Gasteiger partial charge in [-0.2, -0.15) is 4.99 Å². The minimum absolute atomic E-state index is 0.247. The van der Waals surface area contributed by atoms with Crippen molar-refractivity contribution in [1.82, 2.24) is 9.55 Å². The van der Waals surface area contributed by atoms with Gasteiger partial charge in [0.15, 0.2) is 10.3 Å². The zero-order valence-electron chi connectivity index (χ0n) is 7.89. The number of aromatic nitrogens is 2. The SMILES string of the molecule is O=C=Nc1ccc(-n2cnc(Cl)c2Cl)cc1. The summed E-state index contributed by atoms with van der Waals surface area (Å²) in [5, 5.41) is 0.588. The van der Waals surface area contributed by atoms with Crippen molar-refractivity contribution in [1.29, 1.82) is 0 Å². The van der Waals surface area contributed by atoms with Crippen molar-refractivity contribution in [2.75, 3.05) is 0 Å². The van der Waals surface area contributed by atoms with Crippen LogP contribution in [0.15, 0.2) is 35.6 Å². The monoisotopic (exact) mass is 253 g/mol. The highest BCUT2D eigenvalue weighted by atomic mass is 35.5. The van der Waals surface area contributed by atoms with Crippen molar-refractivity contribution in [3.05, 3.63) is 40.9 Å². The molecule has 0 atom stereocenters. The predicted molar refractivity (Wildman–Crippen MR) is 61.4 cm³/mol. The first-order valence-corrected chi connectivity index (χ1v) is 5.04. The lowest BCUT2D eigenvalue weighted by Crippen LogP contribution is -1.90. The average Bonchev–Trinajstić information content (AvgIpc) is 2.62. The average molecular weight is 254 g/mol. The van der Waals surface area contributed by atoms with Crippen LogP contribution < -0.4 is 0 Å². The summed E-state index contributed by atoms with van der Waals surface area (Å²) in [6.45, 7) is 0. The normalized spacial score (nSPS) is 9.88. The number of carbonyl (C=O) groups excluding carboxylic acids is 1. The van der Waals surface area contributed by atoms with Gasteiger partial charge in [-0.25, -0.2) is 9.78 Å². The summed E-state index contributed by atoms with van der Waals surface area (Å²) < 4.78 is 1.62. The molecule has 0 spiro atoms. The van der Waals surface area contributed by atoms with E-state index in [4.69, 9.17) is 23.2 Å². The largest absolute Gasteiger partial charge is 0.288 e. The van der Waals surface area contributed by atoms with E-state index in [-0.39, 0.29) is 5.15 Å². The number of benzene rings is 1. The molecule has 0 aliphatic heterocycles. The maximum absolute atomic E-state index is 10.0. The Bertz CT molecular complexity index is 556. The molecule has 1 heterocycles. The van der Waals surface area contributed by atoms with Crippen LogP contribution in [0.2, 0.25) is 10.3 Å². The van der Waals surface area contributed by atoms with E-state index in [0.29, 0.717) is 10.8 Å². The Morgan fingerprint density at radius 1 is 1.25 bits per heavy atom. The molecule has 1 aromatic carbocycles. The number of rotatable bonds is 2. The molecule has 0 aliphatic carbocycles. The van der Waals surface area contributed by atoms with Gasteiger partial charge in [0.25, 0.3) is 0 Å². The maximum Gasteiger partial charge on any atom is 0.240 e. The molecule has 1 aromatic heterocycles. The van der Waals surface area contributed by atoms with E-state index < -0.39 is 0 Å². The molecule has 0 aliphatic rings. The van der Waals surface area contributed by atoms with Crippen molar-refractivity contribution in [2.24, 2.45) is 4.99 Å². The van der Waals surface area contributed by atoms with Crippen LogP contribution in [-0.2, 0) is 4.79 Å². The molecule has 2 aromatic rings. The van der Waals surface area contributed by atoms with E-state index in [1.807, 2.05) is 0 Å².